The molecule has 2 heterocycles. The SMILES string of the molecule is CC1(c2cc(-c3cccc(Cc4sc(N5CCOCC5)nc4O)c3)ccc2O)CCCCC1. The lowest BCUT2D eigenvalue weighted by atomic mass is 9.70. The van der Waals surface area contributed by atoms with E-state index in [1.165, 1.54) is 19.3 Å². The third kappa shape index (κ3) is 4.73. The summed E-state index contributed by atoms with van der Waals surface area (Å²) in [5.74, 6) is 0.536. The van der Waals surface area contributed by atoms with Crippen LogP contribution in [0, 0.1) is 0 Å². The van der Waals surface area contributed by atoms with Gasteiger partial charge in [-0.2, -0.15) is 4.98 Å². The van der Waals surface area contributed by atoms with E-state index in [9.17, 15) is 10.2 Å². The van der Waals surface area contributed by atoms with Crippen LogP contribution in [0.5, 0.6) is 11.6 Å². The maximum atomic E-state index is 10.6. The molecule has 2 aliphatic rings. The van der Waals surface area contributed by atoms with E-state index >= 15 is 0 Å². The Bertz CT molecular complexity index is 1110. The summed E-state index contributed by atoms with van der Waals surface area (Å²) in [6, 6.07) is 14.5. The molecule has 0 atom stereocenters. The number of anilines is 1. The van der Waals surface area contributed by atoms with Gasteiger partial charge in [0, 0.05) is 25.1 Å². The molecule has 3 aromatic rings. The van der Waals surface area contributed by atoms with Crippen LogP contribution in [0.1, 0.15) is 55.0 Å². The Morgan fingerprint density at radius 1 is 1.00 bits per heavy atom. The first kappa shape index (κ1) is 22.2. The zero-order valence-corrected chi connectivity index (χ0v) is 20.0. The van der Waals surface area contributed by atoms with Crippen LogP contribution in [-0.4, -0.2) is 41.5 Å². The largest absolute Gasteiger partial charge is 0.508 e. The smallest absolute Gasteiger partial charge is 0.227 e. The maximum Gasteiger partial charge on any atom is 0.227 e. The molecule has 33 heavy (non-hydrogen) atoms. The third-order valence-corrected chi connectivity index (χ3v) is 8.28. The number of phenols is 1. The van der Waals surface area contributed by atoms with Gasteiger partial charge in [0.05, 0.1) is 18.1 Å². The van der Waals surface area contributed by atoms with E-state index in [1.807, 2.05) is 12.1 Å². The number of phenolic OH excluding ortho intramolecular Hbond substituents is 1. The summed E-state index contributed by atoms with van der Waals surface area (Å²) >= 11 is 1.56. The molecule has 6 heteroatoms. The molecule has 5 nitrogen and oxygen atoms in total. The Hall–Kier alpha value is -2.57. The first-order chi connectivity index (χ1) is 16.0. The third-order valence-electron chi connectivity index (χ3n) is 7.18. The lowest BCUT2D eigenvalue weighted by Gasteiger charge is -2.35. The Morgan fingerprint density at radius 3 is 2.55 bits per heavy atom. The first-order valence-electron chi connectivity index (χ1n) is 12.0. The lowest BCUT2D eigenvalue weighted by Crippen LogP contribution is -2.36. The van der Waals surface area contributed by atoms with Crippen molar-refractivity contribution in [3.63, 3.8) is 0 Å². The van der Waals surface area contributed by atoms with Crippen molar-refractivity contribution in [2.45, 2.75) is 50.9 Å². The second-order valence-electron chi connectivity index (χ2n) is 9.57. The van der Waals surface area contributed by atoms with E-state index in [4.69, 9.17) is 4.74 Å². The van der Waals surface area contributed by atoms with Crippen LogP contribution in [0.25, 0.3) is 11.1 Å². The molecule has 0 amide bonds. The number of rotatable bonds is 5. The minimum atomic E-state index is 0.0419. The normalized spacial score (nSPS) is 18.4. The van der Waals surface area contributed by atoms with Crippen LogP contribution in [0.15, 0.2) is 42.5 Å². The molecule has 2 fully saturated rings. The van der Waals surface area contributed by atoms with Crippen molar-refractivity contribution < 1.29 is 14.9 Å². The quantitative estimate of drug-likeness (QED) is 0.494. The minimum absolute atomic E-state index is 0.0419. The van der Waals surface area contributed by atoms with Gasteiger partial charge in [0.1, 0.15) is 5.75 Å². The molecule has 0 radical (unpaired) electrons. The van der Waals surface area contributed by atoms with Gasteiger partial charge in [-0.25, -0.2) is 0 Å². The van der Waals surface area contributed by atoms with Gasteiger partial charge < -0.3 is 19.8 Å². The molecule has 1 aliphatic heterocycles. The highest BCUT2D eigenvalue weighted by Crippen LogP contribution is 2.44. The van der Waals surface area contributed by atoms with Gasteiger partial charge in [-0.3, -0.25) is 0 Å². The summed E-state index contributed by atoms with van der Waals surface area (Å²) in [6.45, 7) is 5.31. The van der Waals surface area contributed by atoms with Gasteiger partial charge in [-0.05, 0) is 47.1 Å². The number of nitrogens with zero attached hydrogens (tertiary/aromatic N) is 2. The van der Waals surface area contributed by atoms with Gasteiger partial charge in [0.15, 0.2) is 5.13 Å². The Kier molecular flexibility index (Phi) is 6.30. The van der Waals surface area contributed by atoms with Gasteiger partial charge in [-0.1, -0.05) is 67.9 Å². The molecule has 2 aromatic carbocycles. The number of ether oxygens (including phenoxy) is 1. The van der Waals surface area contributed by atoms with Crippen molar-refractivity contribution in [3.8, 4) is 22.8 Å². The molecule has 0 spiro atoms. The standard InChI is InChI=1S/C27H32N2O3S/c1-27(10-3-2-4-11-27)22-18-21(8-9-23(22)30)20-7-5-6-19(16-20)17-24-25(31)28-26(33-24)29-12-14-32-15-13-29/h5-9,16,18,30-31H,2-4,10-15,17H2,1H3. The van der Waals surface area contributed by atoms with Crippen molar-refractivity contribution in [3.05, 3.63) is 58.5 Å². The zero-order chi connectivity index (χ0) is 22.8. The fourth-order valence-electron chi connectivity index (χ4n) is 5.18. The average Bonchev–Trinajstić information content (AvgIpc) is 3.20. The molecular formula is C27H32N2O3S. The fourth-order valence-corrected chi connectivity index (χ4v) is 6.22. The van der Waals surface area contributed by atoms with Crippen molar-refractivity contribution in [1.82, 2.24) is 4.98 Å². The van der Waals surface area contributed by atoms with Crippen LogP contribution in [0.4, 0.5) is 5.13 Å². The summed E-state index contributed by atoms with van der Waals surface area (Å²) in [5, 5.41) is 22.0. The monoisotopic (exact) mass is 464 g/mol. The van der Waals surface area contributed by atoms with Crippen LogP contribution in [0.3, 0.4) is 0 Å². The summed E-state index contributed by atoms with van der Waals surface area (Å²) in [4.78, 5) is 7.47. The second kappa shape index (κ2) is 9.35. The van der Waals surface area contributed by atoms with E-state index < -0.39 is 0 Å². The molecule has 174 valence electrons. The number of morpholine rings is 1. The Balaban J connectivity index is 1.39. The highest BCUT2D eigenvalue weighted by molar-refractivity contribution is 7.15. The van der Waals surface area contributed by atoms with Gasteiger partial charge in [0.25, 0.3) is 0 Å². The van der Waals surface area contributed by atoms with Crippen molar-refractivity contribution >= 4 is 16.5 Å². The lowest BCUT2D eigenvalue weighted by molar-refractivity contribution is 0.122. The van der Waals surface area contributed by atoms with E-state index in [2.05, 4.69) is 47.1 Å². The number of hydrogen-bond donors (Lipinski definition) is 2. The maximum absolute atomic E-state index is 10.6. The van der Waals surface area contributed by atoms with Crippen molar-refractivity contribution in [1.29, 1.82) is 0 Å². The molecule has 1 aliphatic carbocycles. The van der Waals surface area contributed by atoms with E-state index in [1.54, 1.807) is 11.3 Å². The predicted molar refractivity (Wildman–Crippen MR) is 134 cm³/mol. The molecule has 2 N–H and O–H groups in total. The molecule has 0 bridgehead atoms. The Morgan fingerprint density at radius 2 is 1.76 bits per heavy atom. The molecule has 0 unspecified atom stereocenters. The molecule has 1 saturated carbocycles. The van der Waals surface area contributed by atoms with Gasteiger partial charge >= 0.3 is 0 Å². The number of aromatic hydroxyl groups is 2. The van der Waals surface area contributed by atoms with E-state index in [0.717, 1.165) is 58.2 Å². The van der Waals surface area contributed by atoms with Crippen LogP contribution in [0.2, 0.25) is 0 Å². The number of benzene rings is 2. The molecule has 1 aromatic heterocycles. The predicted octanol–water partition coefficient (Wildman–Crippen LogP) is 5.87. The number of aromatic nitrogens is 1. The average molecular weight is 465 g/mol. The Labute approximate surface area is 199 Å². The molecule has 1 saturated heterocycles. The highest BCUT2D eigenvalue weighted by Gasteiger charge is 2.31. The summed E-state index contributed by atoms with van der Waals surface area (Å²) in [5.41, 5.74) is 4.50. The first-order valence-corrected chi connectivity index (χ1v) is 12.8. The van der Waals surface area contributed by atoms with E-state index in [-0.39, 0.29) is 11.3 Å². The number of thiazole rings is 1. The van der Waals surface area contributed by atoms with Gasteiger partial charge in [0.2, 0.25) is 5.88 Å². The minimum Gasteiger partial charge on any atom is -0.508 e. The highest BCUT2D eigenvalue weighted by atomic mass is 32.1. The summed E-state index contributed by atoms with van der Waals surface area (Å²) in [6.07, 6.45) is 6.63. The molecule has 5 rings (SSSR count). The molecular weight excluding hydrogens is 432 g/mol. The fraction of sp³-hybridized carbons (Fsp3) is 0.444. The topological polar surface area (TPSA) is 65.8 Å². The zero-order valence-electron chi connectivity index (χ0n) is 19.2. The summed E-state index contributed by atoms with van der Waals surface area (Å²) < 4.78 is 5.43. The summed E-state index contributed by atoms with van der Waals surface area (Å²) in [7, 11) is 0. The van der Waals surface area contributed by atoms with Crippen molar-refractivity contribution in [2.75, 3.05) is 31.2 Å². The van der Waals surface area contributed by atoms with Crippen molar-refractivity contribution in [2.24, 2.45) is 0 Å². The number of hydrogen-bond acceptors (Lipinski definition) is 6. The van der Waals surface area contributed by atoms with Crippen LogP contribution in [-0.2, 0) is 16.6 Å². The second-order valence-corrected chi connectivity index (χ2v) is 10.6. The van der Waals surface area contributed by atoms with E-state index in [0.29, 0.717) is 25.4 Å². The van der Waals surface area contributed by atoms with Crippen LogP contribution < -0.4 is 4.90 Å². The van der Waals surface area contributed by atoms with Gasteiger partial charge in [-0.15, -0.1) is 0 Å². The van der Waals surface area contributed by atoms with Crippen LogP contribution >= 0.6 is 11.3 Å².